The van der Waals surface area contributed by atoms with E-state index in [1.807, 2.05) is 51.1 Å². The molecule has 11 heteroatoms. The van der Waals surface area contributed by atoms with Crippen LogP contribution in [0.5, 0.6) is 5.75 Å². The second kappa shape index (κ2) is 13.1. The third-order valence-corrected chi connectivity index (χ3v) is 8.14. The lowest BCUT2D eigenvalue weighted by atomic mass is 9.85. The van der Waals surface area contributed by atoms with Crippen molar-refractivity contribution in [2.24, 2.45) is 5.41 Å². The number of amides is 2. The van der Waals surface area contributed by atoms with Crippen molar-refractivity contribution in [1.29, 1.82) is 10.8 Å². The zero-order valence-corrected chi connectivity index (χ0v) is 27.2. The topological polar surface area (TPSA) is 141 Å². The highest BCUT2D eigenvalue weighted by Crippen LogP contribution is 2.38. The number of aromatic nitrogens is 3. The molecule has 1 fully saturated rings. The fraction of sp³-hybridized carbons (Fsp3) is 0.500. The Kier molecular flexibility index (Phi) is 9.41. The van der Waals surface area contributed by atoms with E-state index in [2.05, 4.69) is 36.3 Å². The Hall–Kier alpha value is -4.09. The summed E-state index contributed by atoms with van der Waals surface area (Å²) in [5, 5.41) is 23.0. The summed E-state index contributed by atoms with van der Waals surface area (Å²) < 4.78 is 13.5. The Morgan fingerprint density at radius 3 is 2.42 bits per heavy atom. The van der Waals surface area contributed by atoms with Crippen molar-refractivity contribution in [3.05, 3.63) is 76.8 Å². The maximum Gasteiger partial charge on any atom is 0.320 e. The van der Waals surface area contributed by atoms with Crippen LogP contribution in [0.3, 0.4) is 0 Å². The summed E-state index contributed by atoms with van der Waals surface area (Å²) >= 11 is 0. The number of benzene rings is 1. The minimum absolute atomic E-state index is 0.201. The van der Waals surface area contributed by atoms with E-state index in [0.717, 1.165) is 29.9 Å². The van der Waals surface area contributed by atoms with Crippen LogP contribution in [-0.4, -0.2) is 57.6 Å². The van der Waals surface area contributed by atoms with E-state index in [0.29, 0.717) is 55.8 Å². The molecule has 3 heterocycles. The lowest BCUT2D eigenvalue weighted by Gasteiger charge is -2.32. The minimum atomic E-state index is -0.416. The molecule has 45 heavy (non-hydrogen) atoms. The van der Waals surface area contributed by atoms with Crippen LogP contribution in [0.4, 0.5) is 10.6 Å². The van der Waals surface area contributed by atoms with Gasteiger partial charge in [-0.15, -0.1) is 0 Å². The number of fused-ring (bicyclic) bond motifs is 1. The molecule has 2 amide bonds. The standard InChI is InChI=1S/C34H46N8O3/c1-33(2,3)27-19-29(39-30(38-27)21-41-15-17-44-18-16-41)40-32(43)37-25-12-13-26(24-10-8-7-9-23(24)25)45-22-11-14-28(35)42(20-22)31(36)34(4,5)6/h7-11,14,19-20,25-26,35-36H,12-13,15-18,21H2,1-6H3,(H2,37,38,39,40,43). The summed E-state index contributed by atoms with van der Waals surface area (Å²) in [5.41, 5.74) is 2.49. The van der Waals surface area contributed by atoms with Crippen molar-refractivity contribution in [2.45, 2.75) is 78.5 Å². The van der Waals surface area contributed by atoms with Gasteiger partial charge in [0.2, 0.25) is 0 Å². The van der Waals surface area contributed by atoms with E-state index in [-0.39, 0.29) is 29.1 Å². The van der Waals surface area contributed by atoms with E-state index in [4.69, 9.17) is 30.3 Å². The number of rotatable bonds is 6. The second-order valence-electron chi connectivity index (χ2n) is 13.9. The summed E-state index contributed by atoms with van der Waals surface area (Å²) in [6, 6.07) is 12.8. The molecule has 2 aromatic heterocycles. The molecular weight excluding hydrogens is 568 g/mol. The van der Waals surface area contributed by atoms with Crippen LogP contribution in [0.1, 0.15) is 89.2 Å². The second-order valence-corrected chi connectivity index (χ2v) is 13.9. The molecule has 0 bridgehead atoms. The Morgan fingerprint density at radius 1 is 1.02 bits per heavy atom. The van der Waals surface area contributed by atoms with Gasteiger partial charge in [0, 0.05) is 30.0 Å². The minimum Gasteiger partial charge on any atom is -0.484 e. The van der Waals surface area contributed by atoms with Crippen LogP contribution >= 0.6 is 0 Å². The fourth-order valence-corrected chi connectivity index (χ4v) is 5.57. The Balaban J connectivity index is 1.30. The summed E-state index contributed by atoms with van der Waals surface area (Å²) in [4.78, 5) is 25.1. The van der Waals surface area contributed by atoms with Crippen LogP contribution < -0.4 is 20.9 Å². The summed E-state index contributed by atoms with van der Waals surface area (Å²) in [5.74, 6) is 2.08. The lowest BCUT2D eigenvalue weighted by molar-refractivity contribution is 0.0330. The van der Waals surface area contributed by atoms with Crippen molar-refractivity contribution in [3.8, 4) is 5.75 Å². The van der Waals surface area contributed by atoms with Gasteiger partial charge in [-0.2, -0.15) is 0 Å². The smallest absolute Gasteiger partial charge is 0.320 e. The highest BCUT2D eigenvalue weighted by Gasteiger charge is 2.30. The van der Waals surface area contributed by atoms with E-state index >= 15 is 0 Å². The molecule has 1 aromatic carbocycles. The maximum atomic E-state index is 13.4. The molecule has 1 aliphatic heterocycles. The molecule has 0 saturated carbocycles. The monoisotopic (exact) mass is 614 g/mol. The summed E-state index contributed by atoms with van der Waals surface area (Å²) in [6.45, 7) is 15.8. The van der Waals surface area contributed by atoms with Gasteiger partial charge >= 0.3 is 6.03 Å². The third-order valence-electron chi connectivity index (χ3n) is 8.14. The van der Waals surface area contributed by atoms with Gasteiger partial charge < -0.3 is 14.8 Å². The number of anilines is 1. The molecular formula is C34H46N8O3. The number of carbonyl (C=O) groups excluding carboxylic acids is 1. The quantitative estimate of drug-likeness (QED) is 0.212. The largest absolute Gasteiger partial charge is 0.484 e. The number of morpholine rings is 1. The van der Waals surface area contributed by atoms with Crippen molar-refractivity contribution < 1.29 is 14.3 Å². The van der Waals surface area contributed by atoms with Gasteiger partial charge in [-0.25, -0.2) is 14.8 Å². The number of carbonyl (C=O) groups is 1. The zero-order chi connectivity index (χ0) is 32.4. The average Bonchev–Trinajstić information content (AvgIpc) is 2.98. The molecule has 240 valence electrons. The maximum absolute atomic E-state index is 13.4. The van der Waals surface area contributed by atoms with E-state index in [1.54, 1.807) is 22.9 Å². The molecule has 11 nitrogen and oxygen atoms in total. The van der Waals surface area contributed by atoms with E-state index in [1.165, 1.54) is 0 Å². The molecule has 2 aliphatic rings. The van der Waals surface area contributed by atoms with Crippen molar-refractivity contribution in [1.82, 2.24) is 24.8 Å². The third kappa shape index (κ3) is 7.96. The van der Waals surface area contributed by atoms with Gasteiger partial charge in [-0.05, 0) is 36.1 Å². The number of pyridine rings is 1. The Labute approximate surface area is 265 Å². The highest BCUT2D eigenvalue weighted by atomic mass is 16.5. The first-order valence-corrected chi connectivity index (χ1v) is 15.7. The Bertz CT molecular complexity index is 1600. The van der Waals surface area contributed by atoms with Crippen LogP contribution in [0.2, 0.25) is 0 Å². The average molecular weight is 615 g/mol. The molecule has 3 aromatic rings. The first kappa shape index (κ1) is 32.3. The predicted octanol–water partition coefficient (Wildman–Crippen LogP) is 5.54. The first-order valence-electron chi connectivity index (χ1n) is 15.7. The number of nitrogens with one attached hydrogen (secondary N) is 4. The van der Waals surface area contributed by atoms with Gasteiger partial charge in [-0.3, -0.25) is 25.6 Å². The molecule has 1 aliphatic carbocycles. The SMILES string of the molecule is CC(C)(C)C(=N)n1cc(OC2CCC(NC(=O)Nc3cc(C(C)(C)C)nc(CN4CCOCC4)n3)c3ccccc32)ccc1=N. The fourth-order valence-electron chi connectivity index (χ4n) is 5.57. The van der Waals surface area contributed by atoms with Crippen molar-refractivity contribution in [3.63, 3.8) is 0 Å². The number of urea groups is 1. The molecule has 4 N–H and O–H groups in total. The lowest BCUT2D eigenvalue weighted by Crippen LogP contribution is -2.37. The summed E-state index contributed by atoms with van der Waals surface area (Å²) in [6.07, 6.45) is 2.86. The normalized spacial score (nSPS) is 19.0. The number of nitrogens with zero attached hydrogens (tertiary/aromatic N) is 4. The predicted molar refractivity (Wildman–Crippen MR) is 174 cm³/mol. The van der Waals surface area contributed by atoms with Crippen LogP contribution in [0.25, 0.3) is 0 Å². The Morgan fingerprint density at radius 2 is 1.73 bits per heavy atom. The van der Waals surface area contributed by atoms with Crippen LogP contribution in [0.15, 0.2) is 48.7 Å². The molecule has 2 unspecified atom stereocenters. The molecule has 0 spiro atoms. The number of ether oxygens (including phenoxy) is 2. The van der Waals surface area contributed by atoms with Crippen LogP contribution in [0, 0.1) is 16.2 Å². The molecule has 5 rings (SSSR count). The van der Waals surface area contributed by atoms with Crippen molar-refractivity contribution in [2.75, 3.05) is 31.6 Å². The summed E-state index contributed by atoms with van der Waals surface area (Å²) in [7, 11) is 0. The molecule has 2 atom stereocenters. The number of hydrogen-bond acceptors (Lipinski definition) is 8. The van der Waals surface area contributed by atoms with Gasteiger partial charge in [0.25, 0.3) is 0 Å². The number of hydrogen-bond donors (Lipinski definition) is 4. The van der Waals surface area contributed by atoms with Gasteiger partial charge in [0.15, 0.2) is 0 Å². The highest BCUT2D eigenvalue weighted by molar-refractivity contribution is 5.88. The van der Waals surface area contributed by atoms with Gasteiger partial charge in [0.1, 0.15) is 34.8 Å². The van der Waals surface area contributed by atoms with Gasteiger partial charge in [0.05, 0.1) is 37.7 Å². The first-order chi connectivity index (χ1) is 21.3. The molecule has 0 radical (unpaired) electrons. The van der Waals surface area contributed by atoms with Crippen molar-refractivity contribution >= 4 is 17.7 Å². The van der Waals surface area contributed by atoms with E-state index in [9.17, 15) is 4.79 Å². The van der Waals surface area contributed by atoms with Crippen LogP contribution in [-0.2, 0) is 16.7 Å². The van der Waals surface area contributed by atoms with E-state index < -0.39 is 5.41 Å². The van der Waals surface area contributed by atoms with Gasteiger partial charge in [-0.1, -0.05) is 65.8 Å². The zero-order valence-electron chi connectivity index (χ0n) is 27.2. The molecule has 1 saturated heterocycles.